The average Bonchev–Trinajstić information content (AvgIpc) is 3.09. The first-order valence-electron chi connectivity index (χ1n) is 6.03. The molecule has 1 aliphatic carbocycles. The first-order valence-corrected chi connectivity index (χ1v) is 6.03. The second-order valence-electron chi connectivity index (χ2n) is 4.48. The molecule has 0 aromatic rings. The van der Waals surface area contributed by atoms with Gasteiger partial charge >= 0.3 is 0 Å². The quantitative estimate of drug-likeness (QED) is 0.319. The average molecular weight is 211 g/mol. The normalized spacial score (nSPS) is 27.8. The van der Waals surface area contributed by atoms with Gasteiger partial charge in [-0.05, 0) is 38.5 Å². The van der Waals surface area contributed by atoms with Gasteiger partial charge in [-0.15, -0.1) is 0 Å². The zero-order valence-electron chi connectivity index (χ0n) is 9.24. The molecule has 1 saturated carbocycles. The largest absolute Gasteiger partial charge is 0.378 e. The number of hydrogen-bond donors (Lipinski definition) is 2. The third kappa shape index (κ3) is 3.80. The van der Waals surface area contributed by atoms with E-state index in [-0.39, 0.29) is 0 Å². The van der Waals surface area contributed by atoms with E-state index in [1.807, 2.05) is 0 Å². The van der Waals surface area contributed by atoms with Crippen molar-refractivity contribution in [3.63, 3.8) is 0 Å². The molecule has 1 saturated heterocycles. The Morgan fingerprint density at radius 1 is 1.33 bits per heavy atom. The van der Waals surface area contributed by atoms with Crippen LogP contribution in [0.3, 0.4) is 0 Å². The van der Waals surface area contributed by atoms with E-state index in [2.05, 4.69) is 10.4 Å². The Labute approximate surface area is 91.2 Å². The van der Waals surface area contributed by atoms with Crippen LogP contribution in [-0.4, -0.2) is 24.6 Å². The van der Waals surface area contributed by atoms with Crippen molar-refractivity contribution in [1.29, 1.82) is 0 Å². The van der Waals surface area contributed by atoms with Gasteiger partial charge in [0.2, 0.25) is 0 Å². The maximum Gasteiger partial charge on any atom is 0.111 e. The second kappa shape index (κ2) is 5.47. The fraction of sp³-hybridized carbons (Fsp3) is 0.909. The van der Waals surface area contributed by atoms with E-state index in [0.29, 0.717) is 12.1 Å². The van der Waals surface area contributed by atoms with Crippen molar-refractivity contribution >= 4 is 5.84 Å². The molecular formula is C11H21N3O. The molecule has 86 valence electrons. The first kappa shape index (κ1) is 10.9. The Kier molecular flexibility index (Phi) is 3.97. The van der Waals surface area contributed by atoms with Crippen LogP contribution in [0.25, 0.3) is 0 Å². The highest BCUT2D eigenvalue weighted by molar-refractivity contribution is 5.81. The molecule has 0 radical (unpaired) electrons. The molecule has 0 amide bonds. The van der Waals surface area contributed by atoms with Crippen molar-refractivity contribution in [2.75, 3.05) is 6.61 Å². The molecule has 3 N–H and O–H groups in total. The van der Waals surface area contributed by atoms with Gasteiger partial charge in [-0.2, -0.15) is 0 Å². The highest BCUT2D eigenvalue weighted by atomic mass is 16.5. The predicted octanol–water partition coefficient (Wildman–Crippen LogP) is 1.36. The van der Waals surface area contributed by atoms with Gasteiger partial charge in [-0.1, -0.05) is 0 Å². The first-order chi connectivity index (χ1) is 7.38. The van der Waals surface area contributed by atoms with E-state index < -0.39 is 0 Å². The Bertz CT molecular complexity index is 220. The maximum absolute atomic E-state index is 5.67. The number of nitrogens with one attached hydrogen (secondary N) is 1. The second-order valence-corrected chi connectivity index (χ2v) is 4.48. The lowest BCUT2D eigenvalue weighted by atomic mass is 10.0. The van der Waals surface area contributed by atoms with Crippen molar-refractivity contribution in [2.45, 2.75) is 57.1 Å². The van der Waals surface area contributed by atoms with Gasteiger partial charge in [0, 0.05) is 13.0 Å². The van der Waals surface area contributed by atoms with Gasteiger partial charge in [-0.25, -0.2) is 5.84 Å². The summed E-state index contributed by atoms with van der Waals surface area (Å²) in [6.07, 6.45) is 8.58. The van der Waals surface area contributed by atoms with Crippen molar-refractivity contribution in [1.82, 2.24) is 5.43 Å². The number of amidine groups is 1. The smallest absolute Gasteiger partial charge is 0.111 e. The van der Waals surface area contributed by atoms with Crippen LogP contribution in [0.2, 0.25) is 0 Å². The standard InChI is InChI=1S/C11H21N3O/c12-14-11(13-9-4-5-9)7-6-10-3-1-2-8-15-10/h9-10H,1-8,12H2,(H,13,14). The van der Waals surface area contributed by atoms with Crippen LogP contribution in [0, 0.1) is 0 Å². The van der Waals surface area contributed by atoms with Crippen molar-refractivity contribution in [3.05, 3.63) is 0 Å². The van der Waals surface area contributed by atoms with E-state index in [1.165, 1.54) is 32.1 Å². The third-order valence-electron chi connectivity index (χ3n) is 3.03. The third-order valence-corrected chi connectivity index (χ3v) is 3.03. The maximum atomic E-state index is 5.67. The van der Waals surface area contributed by atoms with Crippen LogP contribution in [0.4, 0.5) is 0 Å². The lowest BCUT2D eigenvalue weighted by Gasteiger charge is -2.22. The summed E-state index contributed by atoms with van der Waals surface area (Å²) in [4.78, 5) is 4.52. The Hall–Kier alpha value is -0.610. The molecule has 2 aliphatic rings. The zero-order chi connectivity index (χ0) is 10.5. The number of ether oxygens (including phenoxy) is 1. The van der Waals surface area contributed by atoms with E-state index in [9.17, 15) is 0 Å². The fourth-order valence-electron chi connectivity index (χ4n) is 1.93. The molecule has 0 spiro atoms. The molecule has 0 bridgehead atoms. The summed E-state index contributed by atoms with van der Waals surface area (Å²) in [5.74, 6) is 6.39. The van der Waals surface area contributed by atoms with Gasteiger partial charge in [0.05, 0.1) is 12.1 Å². The number of nitrogens with zero attached hydrogens (tertiary/aromatic N) is 1. The molecule has 15 heavy (non-hydrogen) atoms. The molecule has 1 aliphatic heterocycles. The summed E-state index contributed by atoms with van der Waals surface area (Å²) in [6, 6.07) is 0.545. The molecule has 4 heteroatoms. The molecule has 1 heterocycles. The molecule has 4 nitrogen and oxygen atoms in total. The Morgan fingerprint density at radius 3 is 2.80 bits per heavy atom. The Balaban J connectivity index is 1.69. The molecule has 2 rings (SSSR count). The highest BCUT2D eigenvalue weighted by Gasteiger charge is 2.21. The van der Waals surface area contributed by atoms with E-state index in [4.69, 9.17) is 10.6 Å². The van der Waals surface area contributed by atoms with Gasteiger partial charge in [0.25, 0.3) is 0 Å². The number of aliphatic imine (C=N–C) groups is 1. The van der Waals surface area contributed by atoms with Crippen LogP contribution < -0.4 is 11.3 Å². The van der Waals surface area contributed by atoms with E-state index in [1.54, 1.807) is 0 Å². The summed E-state index contributed by atoms with van der Waals surface area (Å²) in [7, 11) is 0. The van der Waals surface area contributed by atoms with Crippen molar-refractivity contribution in [2.24, 2.45) is 10.8 Å². The van der Waals surface area contributed by atoms with Crippen LogP contribution in [0.5, 0.6) is 0 Å². The van der Waals surface area contributed by atoms with E-state index >= 15 is 0 Å². The summed E-state index contributed by atoms with van der Waals surface area (Å²) in [5, 5.41) is 0. The fourth-order valence-corrected chi connectivity index (χ4v) is 1.93. The lowest BCUT2D eigenvalue weighted by molar-refractivity contribution is 0.0124. The molecule has 0 aromatic carbocycles. The number of hydrazine groups is 1. The van der Waals surface area contributed by atoms with Gasteiger partial charge in [-0.3, -0.25) is 4.99 Å². The van der Waals surface area contributed by atoms with Crippen LogP contribution in [-0.2, 0) is 4.74 Å². The highest BCUT2D eigenvalue weighted by Crippen LogP contribution is 2.24. The molecule has 1 unspecified atom stereocenters. The molecule has 0 aromatic heterocycles. The SMILES string of the molecule is NNC(CCC1CCCCO1)=NC1CC1. The van der Waals surface area contributed by atoms with Gasteiger partial charge in [0.15, 0.2) is 0 Å². The number of rotatable bonds is 4. The number of hydrogen-bond acceptors (Lipinski definition) is 3. The molecule has 1 atom stereocenters. The summed E-state index contributed by atoms with van der Waals surface area (Å²) < 4.78 is 5.67. The molecule has 2 fully saturated rings. The molecular weight excluding hydrogens is 190 g/mol. The minimum atomic E-state index is 0.427. The van der Waals surface area contributed by atoms with Crippen LogP contribution in [0.1, 0.15) is 44.9 Å². The zero-order valence-corrected chi connectivity index (χ0v) is 9.24. The van der Waals surface area contributed by atoms with Gasteiger partial charge < -0.3 is 10.2 Å². The minimum Gasteiger partial charge on any atom is -0.378 e. The van der Waals surface area contributed by atoms with E-state index in [0.717, 1.165) is 25.3 Å². The van der Waals surface area contributed by atoms with Crippen LogP contribution in [0.15, 0.2) is 4.99 Å². The van der Waals surface area contributed by atoms with Crippen molar-refractivity contribution < 1.29 is 4.74 Å². The van der Waals surface area contributed by atoms with Crippen LogP contribution >= 0.6 is 0 Å². The minimum absolute atomic E-state index is 0.427. The number of nitrogens with two attached hydrogens (primary N) is 1. The Morgan fingerprint density at radius 2 is 2.20 bits per heavy atom. The monoisotopic (exact) mass is 211 g/mol. The topological polar surface area (TPSA) is 59.6 Å². The summed E-state index contributed by atoms with van der Waals surface area (Å²) in [6.45, 7) is 0.926. The predicted molar refractivity (Wildman–Crippen MR) is 60.6 cm³/mol. The summed E-state index contributed by atoms with van der Waals surface area (Å²) in [5.41, 5.74) is 2.71. The van der Waals surface area contributed by atoms with Gasteiger partial charge in [0.1, 0.15) is 5.84 Å². The summed E-state index contributed by atoms with van der Waals surface area (Å²) >= 11 is 0. The van der Waals surface area contributed by atoms with Crippen molar-refractivity contribution in [3.8, 4) is 0 Å². The lowest BCUT2D eigenvalue weighted by Crippen LogP contribution is -2.32.